The zero-order valence-electron chi connectivity index (χ0n) is 10.5. The maximum atomic E-state index is 12.3. The van der Waals surface area contributed by atoms with Crippen molar-refractivity contribution in [3.8, 4) is 0 Å². The average Bonchev–Trinajstić information content (AvgIpc) is 3.10. The lowest BCUT2D eigenvalue weighted by Crippen LogP contribution is -2.28. The van der Waals surface area contributed by atoms with Gasteiger partial charge in [-0.2, -0.15) is 14.5 Å². The van der Waals surface area contributed by atoms with E-state index >= 15 is 0 Å². The van der Waals surface area contributed by atoms with Crippen molar-refractivity contribution in [3.05, 3.63) is 29.8 Å². The summed E-state index contributed by atoms with van der Waals surface area (Å²) in [6.07, 6.45) is 5.32. The summed E-state index contributed by atoms with van der Waals surface area (Å²) in [4.78, 5) is 0.217. The molecule has 7 nitrogen and oxygen atoms in total. The Morgan fingerprint density at radius 1 is 1.37 bits per heavy atom. The van der Waals surface area contributed by atoms with Crippen molar-refractivity contribution in [1.82, 2.24) is 24.7 Å². The third-order valence-corrected chi connectivity index (χ3v) is 5.37. The number of rotatable bonds is 3. The Morgan fingerprint density at radius 2 is 2.21 bits per heavy atom. The van der Waals surface area contributed by atoms with Crippen LogP contribution in [0.2, 0.25) is 0 Å². The van der Waals surface area contributed by atoms with Crippen LogP contribution >= 0.6 is 0 Å². The molecule has 0 amide bonds. The van der Waals surface area contributed by atoms with E-state index in [2.05, 4.69) is 20.4 Å². The van der Waals surface area contributed by atoms with Crippen LogP contribution in [0, 0.1) is 6.92 Å². The summed E-state index contributed by atoms with van der Waals surface area (Å²) in [5.41, 5.74) is 2.11. The predicted octanol–water partition coefficient (Wildman–Crippen LogP) is 0.619. The normalized spacial score (nSPS) is 21.0. The van der Waals surface area contributed by atoms with Gasteiger partial charge in [-0.25, -0.2) is 8.42 Å². The molecule has 0 bridgehead atoms. The summed E-state index contributed by atoms with van der Waals surface area (Å²) in [7, 11) is -3.43. The fourth-order valence-corrected chi connectivity index (χ4v) is 3.89. The van der Waals surface area contributed by atoms with Crippen LogP contribution in [-0.4, -0.2) is 46.2 Å². The van der Waals surface area contributed by atoms with Gasteiger partial charge in [0, 0.05) is 30.9 Å². The van der Waals surface area contributed by atoms with E-state index in [1.165, 1.54) is 16.7 Å². The second-order valence-electron chi connectivity index (χ2n) is 4.75. The van der Waals surface area contributed by atoms with Gasteiger partial charge in [0.05, 0.1) is 12.4 Å². The van der Waals surface area contributed by atoms with Crippen LogP contribution in [0.1, 0.15) is 23.6 Å². The van der Waals surface area contributed by atoms with Gasteiger partial charge >= 0.3 is 0 Å². The van der Waals surface area contributed by atoms with Crippen LogP contribution in [0.5, 0.6) is 0 Å². The van der Waals surface area contributed by atoms with Gasteiger partial charge in [0.1, 0.15) is 4.90 Å². The maximum absolute atomic E-state index is 12.3. The molecule has 1 saturated heterocycles. The van der Waals surface area contributed by atoms with Crippen LogP contribution in [0.4, 0.5) is 0 Å². The fourth-order valence-electron chi connectivity index (χ4n) is 2.48. The van der Waals surface area contributed by atoms with Crippen molar-refractivity contribution in [3.63, 3.8) is 0 Å². The van der Waals surface area contributed by atoms with E-state index in [1.807, 2.05) is 6.92 Å². The van der Waals surface area contributed by atoms with Crippen molar-refractivity contribution >= 4 is 10.0 Å². The first kappa shape index (κ1) is 12.4. The van der Waals surface area contributed by atoms with E-state index in [0.29, 0.717) is 13.1 Å². The van der Waals surface area contributed by atoms with E-state index < -0.39 is 10.0 Å². The Morgan fingerprint density at radius 3 is 2.84 bits per heavy atom. The molecule has 102 valence electrons. The molecule has 0 spiro atoms. The minimum Gasteiger partial charge on any atom is -0.284 e. The highest BCUT2D eigenvalue weighted by Crippen LogP contribution is 2.31. The molecule has 2 aromatic rings. The number of sulfonamides is 1. The first-order chi connectivity index (χ1) is 9.09. The van der Waals surface area contributed by atoms with Crippen molar-refractivity contribution < 1.29 is 8.42 Å². The van der Waals surface area contributed by atoms with Crippen LogP contribution in [0.25, 0.3) is 0 Å². The Kier molecular flexibility index (Phi) is 2.90. The van der Waals surface area contributed by atoms with Crippen LogP contribution < -0.4 is 0 Å². The number of H-pyrrole nitrogens is 2. The lowest BCUT2D eigenvalue weighted by atomic mass is 10.0. The van der Waals surface area contributed by atoms with Gasteiger partial charge in [-0.15, -0.1) is 0 Å². The SMILES string of the molecule is Cc1cn[nH]c1[C@H]1CCN(S(=O)(=O)c2cn[nH]c2)C1. The molecule has 8 heteroatoms. The molecular weight excluding hydrogens is 266 g/mol. The van der Waals surface area contributed by atoms with Crippen LogP contribution in [0.3, 0.4) is 0 Å². The quantitative estimate of drug-likeness (QED) is 0.862. The minimum absolute atomic E-state index is 0.184. The number of hydrogen-bond donors (Lipinski definition) is 2. The van der Waals surface area contributed by atoms with Gasteiger partial charge in [0.25, 0.3) is 0 Å². The molecule has 1 aliphatic heterocycles. The number of aromatic nitrogens is 4. The molecule has 1 aliphatic rings. The molecule has 2 N–H and O–H groups in total. The molecule has 3 heterocycles. The molecule has 1 atom stereocenters. The van der Waals surface area contributed by atoms with Crippen LogP contribution in [-0.2, 0) is 10.0 Å². The van der Waals surface area contributed by atoms with Crippen molar-refractivity contribution in [2.24, 2.45) is 0 Å². The van der Waals surface area contributed by atoms with Gasteiger partial charge in [0.2, 0.25) is 10.0 Å². The van der Waals surface area contributed by atoms with Crippen molar-refractivity contribution in [2.45, 2.75) is 24.2 Å². The summed E-state index contributed by atoms with van der Waals surface area (Å²) in [6.45, 7) is 2.99. The van der Waals surface area contributed by atoms with Gasteiger partial charge in [-0.1, -0.05) is 0 Å². The highest BCUT2D eigenvalue weighted by molar-refractivity contribution is 7.89. The third-order valence-electron chi connectivity index (χ3n) is 3.54. The second-order valence-corrected chi connectivity index (χ2v) is 6.69. The van der Waals surface area contributed by atoms with E-state index in [-0.39, 0.29) is 10.8 Å². The molecule has 1 fully saturated rings. The standard InChI is InChI=1S/C11H15N5O2S/c1-8-4-14-15-11(8)9-2-3-16(7-9)19(17,18)10-5-12-13-6-10/h4-6,9H,2-3,7H2,1H3,(H,12,13)(H,14,15)/t9-/m0/s1. The third kappa shape index (κ3) is 2.06. The first-order valence-corrected chi connectivity index (χ1v) is 7.52. The topological polar surface area (TPSA) is 94.7 Å². The molecule has 0 unspecified atom stereocenters. The van der Waals surface area contributed by atoms with Gasteiger partial charge in [0.15, 0.2) is 0 Å². The largest absolute Gasteiger partial charge is 0.284 e. The van der Waals surface area contributed by atoms with Crippen LogP contribution in [0.15, 0.2) is 23.5 Å². The summed E-state index contributed by atoms with van der Waals surface area (Å²) in [5, 5.41) is 13.2. The summed E-state index contributed by atoms with van der Waals surface area (Å²) in [6, 6.07) is 0. The van der Waals surface area contributed by atoms with E-state index in [4.69, 9.17) is 0 Å². The lowest BCUT2D eigenvalue weighted by Gasteiger charge is -2.15. The molecule has 0 aliphatic carbocycles. The monoisotopic (exact) mass is 281 g/mol. The molecule has 0 saturated carbocycles. The highest BCUT2D eigenvalue weighted by Gasteiger charge is 2.34. The minimum atomic E-state index is -3.43. The summed E-state index contributed by atoms with van der Waals surface area (Å²) in [5.74, 6) is 0.184. The first-order valence-electron chi connectivity index (χ1n) is 6.08. The average molecular weight is 281 g/mol. The Labute approximate surface area is 111 Å². The number of nitrogens with one attached hydrogen (secondary N) is 2. The zero-order chi connectivity index (χ0) is 13.5. The Hall–Kier alpha value is -1.67. The van der Waals surface area contributed by atoms with Gasteiger partial charge in [-0.05, 0) is 18.9 Å². The predicted molar refractivity (Wildman–Crippen MR) is 68.0 cm³/mol. The maximum Gasteiger partial charge on any atom is 0.246 e. The second kappa shape index (κ2) is 4.46. The molecule has 2 aromatic heterocycles. The van der Waals surface area contributed by atoms with Gasteiger partial charge < -0.3 is 0 Å². The number of aryl methyl sites for hydroxylation is 1. The Balaban J connectivity index is 1.82. The fraction of sp³-hybridized carbons (Fsp3) is 0.455. The summed E-state index contributed by atoms with van der Waals surface area (Å²) < 4.78 is 26.2. The molecule has 3 rings (SSSR count). The summed E-state index contributed by atoms with van der Waals surface area (Å²) >= 11 is 0. The van der Waals surface area contributed by atoms with Gasteiger partial charge in [-0.3, -0.25) is 10.2 Å². The molecule has 19 heavy (non-hydrogen) atoms. The smallest absolute Gasteiger partial charge is 0.246 e. The number of hydrogen-bond acceptors (Lipinski definition) is 4. The molecule has 0 radical (unpaired) electrons. The van der Waals surface area contributed by atoms with Crippen molar-refractivity contribution in [2.75, 3.05) is 13.1 Å². The highest BCUT2D eigenvalue weighted by atomic mass is 32.2. The van der Waals surface area contributed by atoms with E-state index in [1.54, 1.807) is 6.20 Å². The number of nitrogens with zero attached hydrogens (tertiary/aromatic N) is 3. The number of aromatic amines is 2. The molecular formula is C11H15N5O2S. The Bertz CT molecular complexity index is 661. The zero-order valence-corrected chi connectivity index (χ0v) is 11.3. The molecule has 0 aromatic carbocycles. The lowest BCUT2D eigenvalue weighted by molar-refractivity contribution is 0.472. The van der Waals surface area contributed by atoms with E-state index in [9.17, 15) is 8.42 Å². The van der Waals surface area contributed by atoms with Crippen molar-refractivity contribution in [1.29, 1.82) is 0 Å². The van der Waals surface area contributed by atoms with E-state index in [0.717, 1.165) is 17.7 Å².